The number of aromatic nitrogens is 2. The van der Waals surface area contributed by atoms with Crippen LogP contribution in [0.4, 0.5) is 9.18 Å². The minimum Gasteiger partial charge on any atom is -0.501 e. The molecule has 1 aromatic heterocycles. The maximum atomic E-state index is 13.8. The maximum absolute atomic E-state index is 13.8. The number of carbonyl (C=O) groups excluding carboxylic acids is 2. The number of amides is 2. The minimum atomic E-state index is -0.933. The molecule has 1 aromatic carbocycles. The highest BCUT2D eigenvalue weighted by atomic mass is 19.1. The molecule has 0 spiro atoms. The first-order valence-corrected chi connectivity index (χ1v) is 10.8. The van der Waals surface area contributed by atoms with Gasteiger partial charge in [-0.15, -0.1) is 0 Å². The highest BCUT2D eigenvalue weighted by Gasteiger charge is 2.34. The highest BCUT2D eigenvalue weighted by Crippen LogP contribution is 2.27. The lowest BCUT2D eigenvalue weighted by molar-refractivity contribution is -0.0566. The molecular formula is C22H25FN4O7. The molecule has 11 nitrogen and oxygen atoms in total. The molecule has 34 heavy (non-hydrogen) atoms. The van der Waals surface area contributed by atoms with Crippen molar-refractivity contribution < 1.29 is 33.3 Å². The Kier molecular flexibility index (Phi) is 6.53. The molecule has 2 aliphatic heterocycles. The van der Waals surface area contributed by atoms with Gasteiger partial charge < -0.3 is 29.5 Å². The van der Waals surface area contributed by atoms with Crippen molar-refractivity contribution in [3.05, 3.63) is 51.5 Å². The molecule has 2 amide bonds. The van der Waals surface area contributed by atoms with Crippen LogP contribution < -0.4 is 15.6 Å². The number of aromatic hydroxyl groups is 1. The summed E-state index contributed by atoms with van der Waals surface area (Å²) in [4.78, 5) is 43.4. The van der Waals surface area contributed by atoms with E-state index >= 15 is 0 Å². The van der Waals surface area contributed by atoms with Gasteiger partial charge in [-0.25, -0.2) is 14.2 Å². The summed E-state index contributed by atoms with van der Waals surface area (Å²) in [7, 11) is 0. The third-order valence-corrected chi connectivity index (χ3v) is 5.61. The van der Waals surface area contributed by atoms with Crippen LogP contribution in [0.25, 0.3) is 0 Å². The van der Waals surface area contributed by atoms with Gasteiger partial charge >= 0.3 is 6.09 Å². The largest absolute Gasteiger partial charge is 0.501 e. The summed E-state index contributed by atoms with van der Waals surface area (Å²) in [5.74, 6) is -2.07. The van der Waals surface area contributed by atoms with E-state index in [0.29, 0.717) is 31.9 Å². The molecule has 2 N–H and O–H groups in total. The lowest BCUT2D eigenvalue weighted by Crippen LogP contribution is -2.42. The number of carbonyl (C=O) groups is 2. The van der Waals surface area contributed by atoms with Gasteiger partial charge in [-0.3, -0.25) is 14.2 Å². The van der Waals surface area contributed by atoms with Gasteiger partial charge in [0.2, 0.25) is 5.75 Å². The topological polar surface area (TPSA) is 132 Å². The first kappa shape index (κ1) is 23.6. The van der Waals surface area contributed by atoms with E-state index in [1.807, 2.05) is 0 Å². The molecule has 1 fully saturated rings. The monoisotopic (exact) mass is 476 g/mol. The van der Waals surface area contributed by atoms with Crippen LogP contribution in [0, 0.1) is 5.82 Å². The lowest BCUT2D eigenvalue weighted by atomic mass is 10.1. The van der Waals surface area contributed by atoms with E-state index in [-0.39, 0.29) is 31.3 Å². The van der Waals surface area contributed by atoms with E-state index in [1.54, 1.807) is 13.8 Å². The molecule has 1 saturated heterocycles. The number of fused-ring (bicyclic) bond motifs is 1. The molecule has 2 aliphatic rings. The average molecular weight is 476 g/mol. The Hall–Kier alpha value is -3.51. The fourth-order valence-electron chi connectivity index (χ4n) is 3.76. The predicted molar refractivity (Wildman–Crippen MR) is 115 cm³/mol. The Labute approximate surface area is 194 Å². The van der Waals surface area contributed by atoms with Crippen LogP contribution in [-0.2, 0) is 28.2 Å². The summed E-state index contributed by atoms with van der Waals surface area (Å²) in [5, 5.41) is 12.8. The molecular weight excluding hydrogens is 451 g/mol. The molecule has 0 radical (unpaired) electrons. The standard InChI is InChI=1S/C22H25FN4O7/c1-22(2)20-25-16(17(28)19(30)27(20)7-10-33-22)18(29)24-12-13-3-4-14(23)11-15(13)34-21(31)26-5-8-32-9-6-26/h3-4,11,28H,5-10,12H2,1-2H3,(H,24,29). The average Bonchev–Trinajstić information content (AvgIpc) is 2.81. The Morgan fingerprint density at radius 3 is 2.71 bits per heavy atom. The summed E-state index contributed by atoms with van der Waals surface area (Å²) in [6.07, 6.45) is -0.661. The summed E-state index contributed by atoms with van der Waals surface area (Å²) in [6, 6.07) is 3.57. The van der Waals surface area contributed by atoms with Crippen LogP contribution >= 0.6 is 0 Å². The SMILES string of the molecule is CC1(C)OCCn2c1nc(C(=O)NCc1ccc(F)cc1OC(=O)N1CCOCC1)c(O)c2=O. The predicted octanol–water partition coefficient (Wildman–Crippen LogP) is 1.11. The minimum absolute atomic E-state index is 0.0611. The van der Waals surface area contributed by atoms with E-state index < -0.39 is 40.4 Å². The number of hydrogen-bond donors (Lipinski definition) is 2. The van der Waals surface area contributed by atoms with Gasteiger partial charge in [-0.2, -0.15) is 0 Å². The molecule has 0 unspecified atom stereocenters. The Morgan fingerprint density at radius 1 is 1.24 bits per heavy atom. The fourth-order valence-corrected chi connectivity index (χ4v) is 3.76. The number of benzene rings is 1. The first-order chi connectivity index (χ1) is 16.2. The molecule has 3 heterocycles. The lowest BCUT2D eigenvalue weighted by Gasteiger charge is -2.32. The van der Waals surface area contributed by atoms with Crippen molar-refractivity contribution in [2.75, 3.05) is 32.9 Å². The van der Waals surface area contributed by atoms with Crippen molar-refractivity contribution in [2.24, 2.45) is 0 Å². The van der Waals surface area contributed by atoms with Crippen molar-refractivity contribution in [3.8, 4) is 11.5 Å². The van der Waals surface area contributed by atoms with E-state index in [0.717, 1.165) is 12.1 Å². The maximum Gasteiger partial charge on any atom is 0.415 e. The Balaban J connectivity index is 1.53. The number of morpholine rings is 1. The van der Waals surface area contributed by atoms with Gasteiger partial charge in [0.05, 0.1) is 26.4 Å². The van der Waals surface area contributed by atoms with Crippen molar-refractivity contribution in [1.29, 1.82) is 0 Å². The zero-order chi connectivity index (χ0) is 24.5. The number of ether oxygens (including phenoxy) is 3. The number of nitrogens with one attached hydrogen (secondary N) is 1. The Bertz CT molecular complexity index is 1170. The molecule has 0 aliphatic carbocycles. The second-order valence-electron chi connectivity index (χ2n) is 8.35. The molecule has 182 valence electrons. The molecule has 4 rings (SSSR count). The summed E-state index contributed by atoms with van der Waals surface area (Å²) < 4.78 is 31.3. The Morgan fingerprint density at radius 2 is 1.97 bits per heavy atom. The molecule has 0 saturated carbocycles. The fraction of sp³-hybridized carbons (Fsp3) is 0.455. The van der Waals surface area contributed by atoms with E-state index in [4.69, 9.17) is 14.2 Å². The zero-order valence-corrected chi connectivity index (χ0v) is 18.8. The smallest absolute Gasteiger partial charge is 0.415 e. The van der Waals surface area contributed by atoms with Crippen molar-refractivity contribution in [2.45, 2.75) is 32.5 Å². The van der Waals surface area contributed by atoms with Crippen molar-refractivity contribution >= 4 is 12.0 Å². The summed E-state index contributed by atoms with van der Waals surface area (Å²) in [6.45, 7) is 5.15. The number of nitrogens with zero attached hydrogens (tertiary/aromatic N) is 3. The van der Waals surface area contributed by atoms with E-state index in [1.165, 1.54) is 15.5 Å². The van der Waals surface area contributed by atoms with Crippen LogP contribution in [0.2, 0.25) is 0 Å². The van der Waals surface area contributed by atoms with Crippen LogP contribution in [0.1, 0.15) is 35.7 Å². The van der Waals surface area contributed by atoms with E-state index in [9.17, 15) is 23.9 Å². The normalized spacial score (nSPS) is 17.1. The van der Waals surface area contributed by atoms with Gasteiger partial charge in [-0.1, -0.05) is 6.07 Å². The molecule has 12 heteroatoms. The summed E-state index contributed by atoms with van der Waals surface area (Å²) >= 11 is 0. The second-order valence-corrected chi connectivity index (χ2v) is 8.35. The van der Waals surface area contributed by atoms with Gasteiger partial charge in [0, 0.05) is 31.3 Å². The van der Waals surface area contributed by atoms with Crippen molar-refractivity contribution in [1.82, 2.24) is 19.8 Å². The third-order valence-electron chi connectivity index (χ3n) is 5.61. The first-order valence-electron chi connectivity index (χ1n) is 10.8. The number of halogens is 1. The van der Waals surface area contributed by atoms with Crippen LogP contribution in [0.3, 0.4) is 0 Å². The molecule has 0 bridgehead atoms. The van der Waals surface area contributed by atoms with Crippen LogP contribution in [0.15, 0.2) is 23.0 Å². The molecule has 2 aromatic rings. The van der Waals surface area contributed by atoms with Gasteiger partial charge in [0.1, 0.15) is 23.0 Å². The summed E-state index contributed by atoms with van der Waals surface area (Å²) in [5.41, 5.74) is -1.82. The number of hydrogen-bond acceptors (Lipinski definition) is 8. The van der Waals surface area contributed by atoms with Gasteiger partial charge in [-0.05, 0) is 19.9 Å². The number of rotatable bonds is 4. The van der Waals surface area contributed by atoms with Gasteiger partial charge in [0.15, 0.2) is 5.69 Å². The van der Waals surface area contributed by atoms with Crippen LogP contribution in [-0.4, -0.2) is 64.5 Å². The van der Waals surface area contributed by atoms with Gasteiger partial charge in [0.25, 0.3) is 11.5 Å². The zero-order valence-electron chi connectivity index (χ0n) is 18.8. The third kappa shape index (κ3) is 4.73. The highest BCUT2D eigenvalue weighted by molar-refractivity contribution is 5.94. The van der Waals surface area contributed by atoms with Crippen molar-refractivity contribution in [3.63, 3.8) is 0 Å². The quantitative estimate of drug-likeness (QED) is 0.671. The second kappa shape index (κ2) is 9.39. The molecule has 0 atom stereocenters. The van der Waals surface area contributed by atoms with E-state index in [2.05, 4.69) is 10.3 Å². The van der Waals surface area contributed by atoms with Crippen LogP contribution in [0.5, 0.6) is 11.5 Å².